The summed E-state index contributed by atoms with van der Waals surface area (Å²) < 4.78 is 29.9. The largest absolute Gasteiger partial charge is 0.355 e. The Labute approximate surface area is 197 Å². The molecule has 2 fully saturated rings. The second kappa shape index (κ2) is 8.79. The van der Waals surface area contributed by atoms with Gasteiger partial charge in [-0.1, -0.05) is 6.42 Å². The molecule has 5 rings (SSSR count). The lowest BCUT2D eigenvalue weighted by Crippen LogP contribution is -2.38. The van der Waals surface area contributed by atoms with Crippen molar-refractivity contribution >= 4 is 38.2 Å². The van der Waals surface area contributed by atoms with Crippen molar-refractivity contribution in [3.8, 4) is 5.13 Å². The lowest BCUT2D eigenvalue weighted by molar-refractivity contribution is 0.315. The molecular weight excluding hydrogens is 460 g/mol. The number of hydrogen-bond acceptors (Lipinski definition) is 8. The van der Waals surface area contributed by atoms with Crippen LogP contribution in [0.1, 0.15) is 25.7 Å². The number of nitrogens with zero attached hydrogens (tertiary/aromatic N) is 6. The standard InChI is InChI=1S/C22H28N6O3S2/c1-25(2)16-8-12-26(14-16)19-7-6-17-20(29)18(33(30,31)27-10-4-3-5-11-27)15-28(21(17)24-19)22-23-9-13-32-22/h6-7,9,13,15-16H,3-5,8,10-12,14H2,1-2H3/t16-/m1/s1. The molecule has 1 atom stereocenters. The van der Waals surface area contributed by atoms with E-state index >= 15 is 0 Å². The fourth-order valence-corrected chi connectivity index (χ4v) is 6.84. The van der Waals surface area contributed by atoms with E-state index in [0.717, 1.165) is 44.6 Å². The molecule has 9 nitrogen and oxygen atoms in total. The Morgan fingerprint density at radius 3 is 2.58 bits per heavy atom. The summed E-state index contributed by atoms with van der Waals surface area (Å²) in [5, 5.41) is 2.69. The van der Waals surface area contributed by atoms with Crippen molar-refractivity contribution in [1.29, 1.82) is 0 Å². The van der Waals surface area contributed by atoms with Gasteiger partial charge in [-0.05, 0) is 45.5 Å². The zero-order chi connectivity index (χ0) is 23.2. The van der Waals surface area contributed by atoms with E-state index in [1.165, 1.54) is 21.8 Å². The fourth-order valence-electron chi connectivity index (χ4n) is 4.63. The third-order valence-corrected chi connectivity index (χ3v) is 9.24. The second-order valence-electron chi connectivity index (χ2n) is 8.86. The van der Waals surface area contributed by atoms with Gasteiger partial charge in [-0.2, -0.15) is 4.31 Å². The SMILES string of the molecule is CN(C)[C@@H]1CCN(c2ccc3c(=O)c(S(=O)(=O)N4CCCCC4)cn(-c4nccs4)c3n2)C1. The molecule has 176 valence electrons. The second-order valence-corrected chi connectivity index (χ2v) is 11.6. The van der Waals surface area contributed by atoms with E-state index in [-0.39, 0.29) is 10.3 Å². The van der Waals surface area contributed by atoms with Crippen LogP contribution in [-0.2, 0) is 10.0 Å². The molecule has 2 aliphatic heterocycles. The van der Waals surface area contributed by atoms with E-state index in [0.29, 0.717) is 29.9 Å². The van der Waals surface area contributed by atoms with Crippen molar-refractivity contribution in [2.75, 3.05) is 45.2 Å². The first-order valence-electron chi connectivity index (χ1n) is 11.2. The normalized spacial score (nSPS) is 20.2. The number of anilines is 1. The number of rotatable bonds is 5. The van der Waals surface area contributed by atoms with Gasteiger partial charge < -0.3 is 9.80 Å². The molecule has 0 bridgehead atoms. The number of likely N-dealkylation sites (N-methyl/N-ethyl adjacent to an activating group) is 1. The maximum Gasteiger partial charge on any atom is 0.248 e. The first-order valence-corrected chi connectivity index (χ1v) is 13.6. The van der Waals surface area contributed by atoms with Gasteiger partial charge in [0.15, 0.2) is 10.8 Å². The lowest BCUT2D eigenvalue weighted by Gasteiger charge is -2.26. The van der Waals surface area contributed by atoms with Crippen LogP contribution in [-0.4, -0.2) is 78.5 Å². The van der Waals surface area contributed by atoms with Gasteiger partial charge in [0.2, 0.25) is 15.5 Å². The molecule has 0 aliphatic carbocycles. The first-order chi connectivity index (χ1) is 15.9. The number of thiazole rings is 1. The van der Waals surface area contributed by atoms with Gasteiger partial charge >= 0.3 is 0 Å². The van der Waals surface area contributed by atoms with E-state index in [1.54, 1.807) is 16.8 Å². The van der Waals surface area contributed by atoms with E-state index in [4.69, 9.17) is 4.98 Å². The van der Waals surface area contributed by atoms with Crippen LogP contribution in [0.3, 0.4) is 0 Å². The Kier molecular flexibility index (Phi) is 5.98. The maximum absolute atomic E-state index is 13.4. The molecule has 33 heavy (non-hydrogen) atoms. The predicted molar refractivity (Wildman–Crippen MR) is 130 cm³/mol. The number of pyridine rings is 2. The third-order valence-electron chi connectivity index (χ3n) is 6.58. The number of piperidine rings is 1. The Hall–Kier alpha value is -2.34. The van der Waals surface area contributed by atoms with Crippen molar-refractivity contribution in [2.24, 2.45) is 0 Å². The summed E-state index contributed by atoms with van der Waals surface area (Å²) in [7, 11) is 0.244. The van der Waals surface area contributed by atoms with Gasteiger partial charge in [-0.15, -0.1) is 11.3 Å². The molecule has 3 aromatic heterocycles. The van der Waals surface area contributed by atoms with Gasteiger partial charge in [0, 0.05) is 50.0 Å². The summed E-state index contributed by atoms with van der Waals surface area (Å²) in [6, 6.07) is 3.98. The van der Waals surface area contributed by atoms with Gasteiger partial charge in [0.25, 0.3) is 0 Å². The topological polar surface area (TPSA) is 91.6 Å². The minimum atomic E-state index is -3.91. The summed E-state index contributed by atoms with van der Waals surface area (Å²) in [5.74, 6) is 0.781. The summed E-state index contributed by atoms with van der Waals surface area (Å²) >= 11 is 1.38. The summed E-state index contributed by atoms with van der Waals surface area (Å²) in [5.41, 5.74) is -0.0756. The molecule has 0 aromatic carbocycles. The van der Waals surface area contributed by atoms with Crippen molar-refractivity contribution in [3.05, 3.63) is 40.1 Å². The maximum atomic E-state index is 13.4. The van der Waals surface area contributed by atoms with Gasteiger partial charge in [-0.3, -0.25) is 9.36 Å². The quantitative estimate of drug-likeness (QED) is 0.543. The van der Waals surface area contributed by atoms with Gasteiger partial charge in [0.1, 0.15) is 10.7 Å². The Morgan fingerprint density at radius 2 is 1.91 bits per heavy atom. The number of aromatic nitrogens is 3. The predicted octanol–water partition coefficient (Wildman–Crippen LogP) is 2.16. The van der Waals surface area contributed by atoms with Crippen molar-refractivity contribution in [1.82, 2.24) is 23.7 Å². The van der Waals surface area contributed by atoms with E-state index in [9.17, 15) is 13.2 Å². The molecular formula is C22H28N6O3S2. The van der Waals surface area contributed by atoms with E-state index in [2.05, 4.69) is 28.9 Å². The highest BCUT2D eigenvalue weighted by molar-refractivity contribution is 7.89. The molecule has 0 amide bonds. The van der Waals surface area contributed by atoms with Gasteiger partial charge in [0.05, 0.1) is 5.39 Å². The third kappa shape index (κ3) is 4.07. The van der Waals surface area contributed by atoms with Gasteiger partial charge in [-0.25, -0.2) is 18.4 Å². The van der Waals surface area contributed by atoms with Crippen LogP contribution in [0, 0.1) is 0 Å². The van der Waals surface area contributed by atoms with Crippen LogP contribution >= 0.6 is 11.3 Å². The van der Waals surface area contributed by atoms with Crippen LogP contribution in [0.25, 0.3) is 16.2 Å². The highest BCUT2D eigenvalue weighted by atomic mass is 32.2. The average Bonchev–Trinajstić information content (AvgIpc) is 3.52. The average molecular weight is 489 g/mol. The molecule has 3 aromatic rings. The molecule has 0 spiro atoms. The fraction of sp³-hybridized carbons (Fsp3) is 0.500. The van der Waals surface area contributed by atoms with Crippen LogP contribution in [0.2, 0.25) is 0 Å². The van der Waals surface area contributed by atoms with Crippen LogP contribution in [0.5, 0.6) is 0 Å². The minimum absolute atomic E-state index is 0.213. The van der Waals surface area contributed by atoms with Crippen molar-refractivity contribution < 1.29 is 8.42 Å². The molecule has 2 saturated heterocycles. The molecule has 2 aliphatic rings. The molecule has 0 saturated carbocycles. The number of sulfonamides is 1. The van der Waals surface area contributed by atoms with E-state index < -0.39 is 15.5 Å². The zero-order valence-electron chi connectivity index (χ0n) is 18.8. The highest BCUT2D eigenvalue weighted by Crippen LogP contribution is 2.27. The molecule has 0 radical (unpaired) electrons. The molecule has 11 heteroatoms. The number of fused-ring (bicyclic) bond motifs is 1. The van der Waals surface area contributed by atoms with Crippen molar-refractivity contribution in [2.45, 2.75) is 36.6 Å². The Bertz CT molecular complexity index is 1310. The highest BCUT2D eigenvalue weighted by Gasteiger charge is 2.31. The lowest BCUT2D eigenvalue weighted by atomic mass is 10.2. The first kappa shape index (κ1) is 22.5. The monoisotopic (exact) mass is 488 g/mol. The summed E-state index contributed by atoms with van der Waals surface area (Å²) in [4.78, 5) is 26.8. The molecule has 0 unspecified atom stereocenters. The zero-order valence-corrected chi connectivity index (χ0v) is 20.5. The van der Waals surface area contributed by atoms with Crippen LogP contribution < -0.4 is 10.3 Å². The summed E-state index contributed by atoms with van der Waals surface area (Å²) in [6.45, 7) is 2.62. The smallest absolute Gasteiger partial charge is 0.248 e. The summed E-state index contributed by atoms with van der Waals surface area (Å²) in [6.07, 6.45) is 6.74. The number of hydrogen-bond donors (Lipinski definition) is 0. The Balaban J connectivity index is 1.65. The molecule has 0 N–H and O–H groups in total. The Morgan fingerprint density at radius 1 is 1.12 bits per heavy atom. The molecule has 5 heterocycles. The van der Waals surface area contributed by atoms with Crippen LogP contribution in [0.15, 0.2) is 39.6 Å². The van der Waals surface area contributed by atoms with Crippen LogP contribution in [0.4, 0.5) is 5.82 Å². The van der Waals surface area contributed by atoms with E-state index in [1.807, 2.05) is 11.4 Å². The van der Waals surface area contributed by atoms with Crippen molar-refractivity contribution in [3.63, 3.8) is 0 Å². The minimum Gasteiger partial charge on any atom is -0.355 e.